The molecule has 0 bridgehead atoms. The Bertz CT molecular complexity index is 3180. The molecule has 2 heteroatoms. The second-order valence-corrected chi connectivity index (χ2v) is 15.6. The van der Waals surface area contributed by atoms with E-state index in [-0.39, 0.29) is 0 Å². The number of benzene rings is 10. The van der Waals surface area contributed by atoms with E-state index in [4.69, 9.17) is 0 Å². The second kappa shape index (κ2) is 13.2. The van der Waals surface area contributed by atoms with Gasteiger partial charge < -0.3 is 9.80 Å². The third-order valence-electron chi connectivity index (χ3n) is 12.6. The summed E-state index contributed by atoms with van der Waals surface area (Å²) < 4.78 is 0. The van der Waals surface area contributed by atoms with Gasteiger partial charge in [0.25, 0.3) is 0 Å². The van der Waals surface area contributed by atoms with Crippen molar-refractivity contribution in [2.24, 2.45) is 0 Å². The van der Waals surface area contributed by atoms with Crippen LogP contribution >= 0.6 is 0 Å². The lowest BCUT2D eigenvalue weighted by molar-refractivity contribution is 0.793. The molecule has 2 nitrogen and oxygen atoms in total. The van der Waals surface area contributed by atoms with Gasteiger partial charge >= 0.3 is 0 Å². The molecule has 0 heterocycles. The molecule has 59 heavy (non-hydrogen) atoms. The molecule has 0 N–H and O–H groups in total. The molecule has 0 amide bonds. The largest absolute Gasteiger partial charge is 0.310 e. The van der Waals surface area contributed by atoms with Gasteiger partial charge in [-0.25, -0.2) is 0 Å². The summed E-state index contributed by atoms with van der Waals surface area (Å²) >= 11 is 0. The summed E-state index contributed by atoms with van der Waals surface area (Å²) in [7, 11) is 0. The number of fused-ring (bicyclic) bond motifs is 13. The summed E-state index contributed by atoms with van der Waals surface area (Å²) in [5, 5.41) is 4.90. The summed E-state index contributed by atoms with van der Waals surface area (Å²) in [6.07, 6.45) is 0. The molecule has 1 spiro atoms. The molecule has 2 aliphatic carbocycles. The molecular formula is C57H38N2. The van der Waals surface area contributed by atoms with Crippen molar-refractivity contribution < 1.29 is 0 Å². The Morgan fingerprint density at radius 1 is 0.288 bits per heavy atom. The van der Waals surface area contributed by atoms with Crippen molar-refractivity contribution in [3.8, 4) is 22.3 Å². The topological polar surface area (TPSA) is 6.48 Å². The van der Waals surface area contributed by atoms with E-state index in [0.717, 1.165) is 28.4 Å². The van der Waals surface area contributed by atoms with E-state index in [0.29, 0.717) is 0 Å². The van der Waals surface area contributed by atoms with Gasteiger partial charge in [-0.05, 0) is 116 Å². The number of anilines is 6. The summed E-state index contributed by atoms with van der Waals surface area (Å²) in [4.78, 5) is 4.93. The van der Waals surface area contributed by atoms with E-state index in [2.05, 4.69) is 240 Å². The van der Waals surface area contributed by atoms with E-state index < -0.39 is 5.41 Å². The van der Waals surface area contributed by atoms with Gasteiger partial charge in [0, 0.05) is 33.7 Å². The zero-order valence-electron chi connectivity index (χ0n) is 32.3. The molecule has 0 aliphatic heterocycles. The Hall–Kier alpha value is -7.68. The first-order chi connectivity index (χ1) is 29.3. The molecule has 12 rings (SSSR count). The molecule has 0 fully saturated rings. The SMILES string of the molecule is c1ccc(N(c2ccccc2)c2ccc3c(c2)C2(c4ccccc4-3)c3ccccc3-c3c2c(N(c2ccccc2)c2cccc4ccccc24)cc2ccccc32)cc1. The lowest BCUT2D eigenvalue weighted by Gasteiger charge is -2.37. The summed E-state index contributed by atoms with van der Waals surface area (Å²) in [5.41, 5.74) is 16.5. The molecule has 1 atom stereocenters. The number of rotatable bonds is 6. The lowest BCUT2D eigenvalue weighted by atomic mass is 9.69. The van der Waals surface area contributed by atoms with Crippen molar-refractivity contribution in [3.63, 3.8) is 0 Å². The fourth-order valence-electron chi connectivity index (χ4n) is 10.3. The third kappa shape index (κ3) is 4.87. The predicted octanol–water partition coefficient (Wildman–Crippen LogP) is 15.3. The minimum absolute atomic E-state index is 0.635. The van der Waals surface area contributed by atoms with Gasteiger partial charge in [-0.2, -0.15) is 0 Å². The summed E-state index contributed by atoms with van der Waals surface area (Å²) in [6.45, 7) is 0. The number of hydrogen-bond donors (Lipinski definition) is 0. The standard InChI is InChI=1S/C57H38N2/c1-4-22-41(23-5-1)58(42-24-6-2-7-25-42)44-35-36-48-47-30-14-16-32-50(47)57(52(48)38-44)51-33-17-15-31-49(51)55-46-29-13-11-20-40(46)37-54(56(55)57)59(43-26-8-3-9-27-43)53-34-18-21-39-19-10-12-28-45(39)53/h1-38H. The first kappa shape index (κ1) is 33.5. The van der Waals surface area contributed by atoms with Crippen LogP contribution in [0.2, 0.25) is 0 Å². The molecule has 0 saturated carbocycles. The van der Waals surface area contributed by atoms with Crippen LogP contribution in [0.1, 0.15) is 22.3 Å². The average Bonchev–Trinajstić information content (AvgIpc) is 3.78. The molecule has 0 saturated heterocycles. The minimum Gasteiger partial charge on any atom is -0.310 e. The van der Waals surface area contributed by atoms with Crippen molar-refractivity contribution in [1.29, 1.82) is 0 Å². The van der Waals surface area contributed by atoms with Crippen molar-refractivity contribution >= 4 is 55.7 Å². The van der Waals surface area contributed by atoms with Crippen LogP contribution in [-0.2, 0) is 5.41 Å². The Morgan fingerprint density at radius 3 is 1.49 bits per heavy atom. The quantitative estimate of drug-likeness (QED) is 0.167. The maximum atomic E-state index is 2.53. The molecular weight excluding hydrogens is 713 g/mol. The Balaban J connectivity index is 1.25. The van der Waals surface area contributed by atoms with E-state index in [1.54, 1.807) is 0 Å². The monoisotopic (exact) mass is 750 g/mol. The van der Waals surface area contributed by atoms with Crippen LogP contribution in [0, 0.1) is 0 Å². The Labute approximate surface area is 344 Å². The van der Waals surface area contributed by atoms with Crippen molar-refractivity contribution in [2.45, 2.75) is 5.41 Å². The van der Waals surface area contributed by atoms with Crippen LogP contribution < -0.4 is 9.80 Å². The summed E-state index contributed by atoms with van der Waals surface area (Å²) in [6, 6.07) is 84.9. The molecule has 1 unspecified atom stereocenters. The maximum Gasteiger partial charge on any atom is 0.0747 e. The van der Waals surface area contributed by atoms with Gasteiger partial charge in [0.2, 0.25) is 0 Å². The van der Waals surface area contributed by atoms with Gasteiger partial charge in [-0.3, -0.25) is 0 Å². The lowest BCUT2D eigenvalue weighted by Crippen LogP contribution is -2.28. The maximum absolute atomic E-state index is 2.53. The molecule has 0 aromatic heterocycles. The highest BCUT2D eigenvalue weighted by molar-refractivity contribution is 6.12. The van der Waals surface area contributed by atoms with Gasteiger partial charge in [0.05, 0.1) is 16.8 Å². The number of para-hydroxylation sites is 3. The van der Waals surface area contributed by atoms with Crippen molar-refractivity contribution in [3.05, 3.63) is 253 Å². The van der Waals surface area contributed by atoms with Crippen molar-refractivity contribution in [1.82, 2.24) is 0 Å². The van der Waals surface area contributed by atoms with Crippen LogP contribution in [-0.4, -0.2) is 0 Å². The highest BCUT2D eigenvalue weighted by Crippen LogP contribution is 2.67. The van der Waals surface area contributed by atoms with Crippen LogP contribution in [0.15, 0.2) is 231 Å². The highest BCUT2D eigenvalue weighted by atomic mass is 15.2. The molecule has 10 aromatic rings. The van der Waals surface area contributed by atoms with Gasteiger partial charge in [-0.1, -0.05) is 170 Å². The number of hydrogen-bond acceptors (Lipinski definition) is 2. The molecule has 2 aliphatic rings. The van der Waals surface area contributed by atoms with Crippen LogP contribution in [0.4, 0.5) is 34.1 Å². The van der Waals surface area contributed by atoms with Crippen LogP contribution in [0.25, 0.3) is 43.8 Å². The van der Waals surface area contributed by atoms with E-state index in [1.807, 2.05) is 0 Å². The van der Waals surface area contributed by atoms with Crippen molar-refractivity contribution in [2.75, 3.05) is 9.80 Å². The fourth-order valence-corrected chi connectivity index (χ4v) is 10.3. The third-order valence-corrected chi connectivity index (χ3v) is 12.6. The Morgan fingerprint density at radius 2 is 0.797 bits per heavy atom. The number of nitrogens with zero attached hydrogens (tertiary/aromatic N) is 2. The van der Waals surface area contributed by atoms with Crippen LogP contribution in [0.5, 0.6) is 0 Å². The molecule has 276 valence electrons. The predicted molar refractivity (Wildman–Crippen MR) is 247 cm³/mol. The normalized spacial score (nSPS) is 14.5. The summed E-state index contributed by atoms with van der Waals surface area (Å²) in [5.74, 6) is 0. The zero-order chi connectivity index (χ0) is 38.9. The first-order valence-corrected chi connectivity index (χ1v) is 20.4. The fraction of sp³-hybridized carbons (Fsp3) is 0.0175. The van der Waals surface area contributed by atoms with E-state index >= 15 is 0 Å². The van der Waals surface area contributed by atoms with E-state index in [1.165, 1.54) is 71.7 Å². The van der Waals surface area contributed by atoms with Crippen LogP contribution in [0.3, 0.4) is 0 Å². The van der Waals surface area contributed by atoms with Gasteiger partial charge in [-0.15, -0.1) is 0 Å². The Kier molecular flexibility index (Phi) is 7.48. The first-order valence-electron chi connectivity index (χ1n) is 20.4. The van der Waals surface area contributed by atoms with E-state index in [9.17, 15) is 0 Å². The smallest absolute Gasteiger partial charge is 0.0747 e. The minimum atomic E-state index is -0.635. The average molecular weight is 751 g/mol. The second-order valence-electron chi connectivity index (χ2n) is 15.6. The molecule has 0 radical (unpaired) electrons. The molecule has 10 aromatic carbocycles. The van der Waals surface area contributed by atoms with Gasteiger partial charge in [0.1, 0.15) is 0 Å². The zero-order valence-corrected chi connectivity index (χ0v) is 32.3. The van der Waals surface area contributed by atoms with Gasteiger partial charge in [0.15, 0.2) is 0 Å². The highest BCUT2D eigenvalue weighted by Gasteiger charge is 2.54.